The molecule has 2 aliphatic heterocycles. The summed E-state index contributed by atoms with van der Waals surface area (Å²) in [5.74, 6) is 0.667. The van der Waals surface area contributed by atoms with Gasteiger partial charge in [0.15, 0.2) is 6.49 Å². The molecule has 2 saturated heterocycles. The van der Waals surface area contributed by atoms with Crippen LogP contribution in [0.3, 0.4) is 0 Å². The van der Waals surface area contributed by atoms with Gasteiger partial charge in [0.1, 0.15) is 0 Å². The van der Waals surface area contributed by atoms with E-state index in [1.807, 2.05) is 6.66 Å². The van der Waals surface area contributed by atoms with Crippen LogP contribution in [0.1, 0.15) is 58.3 Å². The predicted molar refractivity (Wildman–Crippen MR) is 93.6 cm³/mol. The average Bonchev–Trinajstić information content (AvgIpc) is 2.50. The molecule has 2 heterocycles. The van der Waals surface area contributed by atoms with Gasteiger partial charge in [0, 0.05) is 12.7 Å². The summed E-state index contributed by atoms with van der Waals surface area (Å²) in [6, 6.07) is 0.739. The van der Waals surface area contributed by atoms with E-state index in [1.54, 1.807) is 0 Å². The molecule has 3 nitrogen and oxygen atoms in total. The highest BCUT2D eigenvalue weighted by Gasteiger charge is 2.33. The third kappa shape index (κ3) is 5.91. The summed E-state index contributed by atoms with van der Waals surface area (Å²) in [5.41, 5.74) is 0. The first kappa shape index (κ1) is 17.9. The molecule has 0 N–H and O–H groups in total. The summed E-state index contributed by atoms with van der Waals surface area (Å²) >= 11 is 5.56. The van der Waals surface area contributed by atoms with E-state index in [2.05, 4.69) is 11.8 Å². The second kappa shape index (κ2) is 8.98. The highest BCUT2D eigenvalue weighted by molar-refractivity contribution is 8.09. The van der Waals surface area contributed by atoms with Crippen LogP contribution in [-0.2, 0) is 20.9 Å². The number of hydrogen-bond donors (Lipinski definition) is 0. The summed E-state index contributed by atoms with van der Waals surface area (Å²) in [7, 11) is 0. The molecule has 0 aromatic heterocycles. The molecule has 0 spiro atoms. The van der Waals surface area contributed by atoms with Gasteiger partial charge >= 0.3 is 0 Å². The molecule has 5 heteroatoms. The molecule has 3 atom stereocenters. The van der Waals surface area contributed by atoms with Gasteiger partial charge in [0.25, 0.3) is 0 Å². The molecule has 0 saturated carbocycles. The van der Waals surface area contributed by atoms with Crippen molar-refractivity contribution in [2.45, 2.75) is 64.3 Å². The van der Waals surface area contributed by atoms with Crippen molar-refractivity contribution in [3.05, 3.63) is 0 Å². The van der Waals surface area contributed by atoms with E-state index in [1.165, 1.54) is 58.0 Å². The van der Waals surface area contributed by atoms with Gasteiger partial charge in [-0.1, -0.05) is 26.2 Å². The number of rotatable bonds is 8. The van der Waals surface area contributed by atoms with Crippen molar-refractivity contribution in [3.8, 4) is 0 Å². The molecule has 124 valence electrons. The third-order valence-electron chi connectivity index (χ3n) is 4.83. The van der Waals surface area contributed by atoms with E-state index in [0.29, 0.717) is 5.92 Å². The molecule has 0 aliphatic carbocycles. The van der Waals surface area contributed by atoms with Crippen LogP contribution < -0.4 is 0 Å². The van der Waals surface area contributed by atoms with Gasteiger partial charge in [0.2, 0.25) is 0 Å². The average molecular weight is 333 g/mol. The molecule has 0 aromatic rings. The van der Waals surface area contributed by atoms with Gasteiger partial charge in [-0.2, -0.15) is 0 Å². The van der Waals surface area contributed by atoms with Crippen molar-refractivity contribution >= 4 is 18.3 Å². The van der Waals surface area contributed by atoms with E-state index in [9.17, 15) is 0 Å². The maximum atomic E-state index is 6.08. The van der Waals surface area contributed by atoms with E-state index < -0.39 is 6.49 Å². The third-order valence-corrected chi connectivity index (χ3v) is 6.73. The van der Waals surface area contributed by atoms with Crippen LogP contribution in [0.4, 0.5) is 0 Å². The van der Waals surface area contributed by atoms with Crippen molar-refractivity contribution in [1.29, 1.82) is 0 Å². The molecule has 1 unspecified atom stereocenters. The summed E-state index contributed by atoms with van der Waals surface area (Å²) in [6.07, 6.45) is 10.2. The standard InChI is InChI=1S/C16H32NO2PS/c1-3-4-7-13-18-20(2,21)19-14-15-9-8-12-17-11-6-5-10-16(15)17/h15-16H,3-14H2,1-2H3/t15-,16+,20?/m0/s1. The largest absolute Gasteiger partial charge is 0.329 e. The topological polar surface area (TPSA) is 21.7 Å². The first-order valence-electron chi connectivity index (χ1n) is 8.73. The van der Waals surface area contributed by atoms with Crippen LogP contribution in [0.5, 0.6) is 0 Å². The number of hydrogen-bond acceptors (Lipinski definition) is 4. The van der Waals surface area contributed by atoms with Gasteiger partial charge in [0.05, 0.1) is 13.2 Å². The lowest BCUT2D eigenvalue weighted by atomic mass is 9.84. The Labute approximate surface area is 135 Å². The first-order chi connectivity index (χ1) is 10.1. The quantitative estimate of drug-likeness (QED) is 0.484. The zero-order valence-corrected chi connectivity index (χ0v) is 15.5. The molecular formula is C16H32NO2PS. The van der Waals surface area contributed by atoms with Crippen LogP contribution in [0.15, 0.2) is 0 Å². The fraction of sp³-hybridized carbons (Fsp3) is 1.00. The van der Waals surface area contributed by atoms with Crippen LogP contribution in [0, 0.1) is 5.92 Å². The number of fused-ring (bicyclic) bond motifs is 1. The first-order valence-corrected chi connectivity index (χ1v) is 11.8. The summed E-state index contributed by atoms with van der Waals surface area (Å²) in [5, 5.41) is 0. The maximum absolute atomic E-state index is 6.08. The predicted octanol–water partition coefficient (Wildman–Crippen LogP) is 4.41. The van der Waals surface area contributed by atoms with Gasteiger partial charge in [-0.05, 0) is 62.9 Å². The minimum atomic E-state index is -2.03. The Hall–Kier alpha value is 0.530. The minimum absolute atomic E-state index is 0.667. The van der Waals surface area contributed by atoms with Gasteiger partial charge in [-0.3, -0.25) is 0 Å². The Bertz CT molecular complexity index is 351. The molecule has 2 fully saturated rings. The van der Waals surface area contributed by atoms with E-state index >= 15 is 0 Å². The lowest BCUT2D eigenvalue weighted by Crippen LogP contribution is -2.49. The molecule has 0 bridgehead atoms. The van der Waals surface area contributed by atoms with Crippen molar-refractivity contribution in [1.82, 2.24) is 4.90 Å². The van der Waals surface area contributed by atoms with E-state index in [0.717, 1.165) is 25.7 Å². The number of nitrogens with zero attached hydrogens (tertiary/aromatic N) is 1. The van der Waals surface area contributed by atoms with Crippen LogP contribution in [0.2, 0.25) is 0 Å². The maximum Gasteiger partial charge on any atom is 0.185 e. The minimum Gasteiger partial charge on any atom is -0.329 e. The normalized spacial score (nSPS) is 29.8. The van der Waals surface area contributed by atoms with Gasteiger partial charge in [-0.15, -0.1) is 0 Å². The van der Waals surface area contributed by atoms with Crippen LogP contribution in [-0.4, -0.2) is 43.9 Å². The number of piperidine rings is 2. The Morgan fingerprint density at radius 2 is 1.90 bits per heavy atom. The second-order valence-corrected chi connectivity index (χ2v) is 10.7. The van der Waals surface area contributed by atoms with Crippen molar-refractivity contribution in [2.75, 3.05) is 33.0 Å². The highest BCUT2D eigenvalue weighted by Crippen LogP contribution is 2.46. The molecule has 2 aliphatic rings. The van der Waals surface area contributed by atoms with Gasteiger partial charge in [-0.25, -0.2) is 0 Å². The summed E-state index contributed by atoms with van der Waals surface area (Å²) in [6.45, 7) is 6.32. The monoisotopic (exact) mass is 333 g/mol. The zero-order chi connectivity index (χ0) is 15.1. The molecule has 2 rings (SSSR count). The van der Waals surface area contributed by atoms with Crippen molar-refractivity contribution in [2.24, 2.45) is 5.92 Å². The Morgan fingerprint density at radius 1 is 1.10 bits per heavy atom. The van der Waals surface area contributed by atoms with Crippen LogP contribution >= 0.6 is 6.49 Å². The number of unbranched alkanes of at least 4 members (excludes halogenated alkanes) is 2. The Balaban J connectivity index is 1.74. The van der Waals surface area contributed by atoms with E-state index in [-0.39, 0.29) is 0 Å². The molecule has 0 aromatic carbocycles. The highest BCUT2D eigenvalue weighted by atomic mass is 32.5. The van der Waals surface area contributed by atoms with Crippen molar-refractivity contribution < 1.29 is 9.05 Å². The molecule has 21 heavy (non-hydrogen) atoms. The fourth-order valence-corrected chi connectivity index (χ4v) is 5.03. The lowest BCUT2D eigenvalue weighted by molar-refractivity contribution is 0.0358. The Kier molecular flexibility index (Phi) is 7.64. The van der Waals surface area contributed by atoms with Crippen molar-refractivity contribution in [3.63, 3.8) is 0 Å². The summed E-state index contributed by atoms with van der Waals surface area (Å²) < 4.78 is 11.9. The second-order valence-electron chi connectivity index (χ2n) is 6.61. The van der Waals surface area contributed by atoms with E-state index in [4.69, 9.17) is 20.9 Å². The molecular weight excluding hydrogens is 301 g/mol. The molecule has 0 radical (unpaired) electrons. The lowest BCUT2D eigenvalue weighted by Gasteiger charge is -2.44. The molecule has 0 amide bonds. The van der Waals surface area contributed by atoms with Crippen LogP contribution in [0.25, 0.3) is 0 Å². The smallest absolute Gasteiger partial charge is 0.185 e. The Morgan fingerprint density at radius 3 is 2.71 bits per heavy atom. The van der Waals surface area contributed by atoms with Gasteiger partial charge < -0.3 is 13.9 Å². The fourth-order valence-electron chi connectivity index (χ4n) is 3.62. The zero-order valence-electron chi connectivity index (χ0n) is 13.8. The SMILES string of the molecule is CCCCCOP(C)(=S)OC[C@@H]1CCCN2CCCC[C@H]12. The summed E-state index contributed by atoms with van der Waals surface area (Å²) in [4.78, 5) is 2.68.